The van der Waals surface area contributed by atoms with E-state index in [4.69, 9.17) is 20.8 Å². The van der Waals surface area contributed by atoms with Crippen molar-refractivity contribution in [1.82, 2.24) is 4.98 Å². The molecule has 0 aliphatic carbocycles. The van der Waals surface area contributed by atoms with E-state index >= 15 is 0 Å². The van der Waals surface area contributed by atoms with Crippen LogP contribution in [0, 0.1) is 6.92 Å². The van der Waals surface area contributed by atoms with E-state index in [0.717, 1.165) is 5.75 Å². The maximum absolute atomic E-state index is 13.4. The van der Waals surface area contributed by atoms with Crippen molar-refractivity contribution >= 4 is 39.9 Å². The minimum atomic E-state index is -0.458. The van der Waals surface area contributed by atoms with E-state index in [-0.39, 0.29) is 17.7 Å². The lowest BCUT2D eigenvalue weighted by Crippen LogP contribution is -2.22. The fourth-order valence-electron chi connectivity index (χ4n) is 3.74. The number of rotatable bonds is 6. The molecule has 1 amide bonds. The highest BCUT2D eigenvalue weighted by molar-refractivity contribution is 6.33. The summed E-state index contributed by atoms with van der Waals surface area (Å²) in [5, 5.41) is 13.6. The maximum Gasteiger partial charge on any atom is 0.261 e. The molecule has 184 valence electrons. The number of anilines is 1. The topological polar surface area (TPSA) is 97.0 Å². The van der Waals surface area contributed by atoms with Crippen molar-refractivity contribution in [1.29, 1.82) is 0 Å². The third kappa shape index (κ3) is 5.38. The molecule has 7 nitrogen and oxygen atoms in total. The van der Waals surface area contributed by atoms with Crippen LogP contribution in [-0.2, 0) is 6.61 Å². The van der Waals surface area contributed by atoms with Gasteiger partial charge in [-0.2, -0.15) is 0 Å². The molecule has 0 unspecified atom stereocenters. The summed E-state index contributed by atoms with van der Waals surface area (Å²) in [5.74, 6) is 0.905. The number of benzene rings is 3. The van der Waals surface area contributed by atoms with Crippen LogP contribution in [-0.4, -0.2) is 16.0 Å². The van der Waals surface area contributed by atoms with Crippen molar-refractivity contribution in [3.8, 4) is 11.5 Å². The number of para-hydroxylation sites is 2. The Kier molecular flexibility index (Phi) is 6.98. The van der Waals surface area contributed by atoms with Gasteiger partial charge < -0.3 is 19.6 Å². The van der Waals surface area contributed by atoms with Crippen molar-refractivity contribution in [2.24, 2.45) is 4.99 Å². The molecule has 0 bridgehead atoms. The zero-order valence-electron chi connectivity index (χ0n) is 19.8. The number of carbonyl (C=O) groups is 1. The summed E-state index contributed by atoms with van der Waals surface area (Å²) in [6.07, 6.45) is 1.56. The van der Waals surface area contributed by atoms with Crippen LogP contribution in [0.1, 0.15) is 21.6 Å². The predicted octanol–water partition coefficient (Wildman–Crippen LogP) is 6.56. The van der Waals surface area contributed by atoms with Crippen molar-refractivity contribution in [2.45, 2.75) is 13.5 Å². The molecule has 5 rings (SSSR count). The number of aryl methyl sites for hydroxylation is 1. The van der Waals surface area contributed by atoms with Gasteiger partial charge in [0.2, 0.25) is 5.55 Å². The SMILES string of the molecule is Cc1ncc(CO)c2cc(C(=O)Nc3ccccc3Cl)c(=Nc3ccc(Oc4ccccc4)cc3)oc12. The zero-order valence-corrected chi connectivity index (χ0v) is 20.6. The Bertz CT molecular complexity index is 1650. The number of aromatic nitrogens is 1. The Morgan fingerprint density at radius 1 is 1.03 bits per heavy atom. The smallest absolute Gasteiger partial charge is 0.261 e. The Balaban J connectivity index is 1.58. The number of fused-ring (bicyclic) bond motifs is 1. The number of pyridine rings is 1. The number of hydrogen-bond donors (Lipinski definition) is 2. The fourth-order valence-corrected chi connectivity index (χ4v) is 3.93. The van der Waals surface area contributed by atoms with Gasteiger partial charge in [0.15, 0.2) is 5.58 Å². The van der Waals surface area contributed by atoms with Gasteiger partial charge in [0.05, 0.1) is 28.7 Å². The van der Waals surface area contributed by atoms with E-state index in [1.165, 1.54) is 0 Å². The average molecular weight is 512 g/mol. The molecule has 8 heteroatoms. The van der Waals surface area contributed by atoms with Crippen molar-refractivity contribution in [3.63, 3.8) is 0 Å². The van der Waals surface area contributed by atoms with E-state index in [1.807, 2.05) is 30.3 Å². The molecule has 2 aromatic heterocycles. The minimum Gasteiger partial charge on any atom is -0.457 e. The highest BCUT2D eigenvalue weighted by atomic mass is 35.5. The van der Waals surface area contributed by atoms with E-state index in [1.54, 1.807) is 67.7 Å². The van der Waals surface area contributed by atoms with Crippen molar-refractivity contribution < 1.29 is 19.1 Å². The molecular formula is C29H22ClN3O4. The number of nitrogens with one attached hydrogen (secondary N) is 1. The summed E-state index contributed by atoms with van der Waals surface area (Å²) in [7, 11) is 0. The highest BCUT2D eigenvalue weighted by Gasteiger charge is 2.17. The van der Waals surface area contributed by atoms with Crippen LogP contribution in [0.5, 0.6) is 11.5 Å². The van der Waals surface area contributed by atoms with Gasteiger partial charge in [0.1, 0.15) is 17.1 Å². The Morgan fingerprint density at radius 2 is 1.73 bits per heavy atom. The zero-order chi connectivity index (χ0) is 25.8. The second kappa shape index (κ2) is 10.7. The number of ether oxygens (including phenoxy) is 1. The van der Waals surface area contributed by atoms with Crippen LogP contribution >= 0.6 is 11.6 Å². The van der Waals surface area contributed by atoms with Gasteiger partial charge in [-0.05, 0) is 61.5 Å². The van der Waals surface area contributed by atoms with E-state index in [0.29, 0.717) is 44.4 Å². The fraction of sp³-hybridized carbons (Fsp3) is 0.0690. The molecule has 0 atom stereocenters. The minimum absolute atomic E-state index is 0.0915. The predicted molar refractivity (Wildman–Crippen MR) is 142 cm³/mol. The molecule has 0 radical (unpaired) electrons. The van der Waals surface area contributed by atoms with Gasteiger partial charge in [0.25, 0.3) is 5.91 Å². The van der Waals surface area contributed by atoms with E-state index in [2.05, 4.69) is 15.3 Å². The molecular weight excluding hydrogens is 490 g/mol. The van der Waals surface area contributed by atoms with Crippen LogP contribution in [0.15, 0.2) is 101 Å². The van der Waals surface area contributed by atoms with Crippen LogP contribution in [0.25, 0.3) is 11.0 Å². The van der Waals surface area contributed by atoms with Crippen LogP contribution in [0.3, 0.4) is 0 Å². The largest absolute Gasteiger partial charge is 0.457 e. The third-order valence-electron chi connectivity index (χ3n) is 5.63. The first-order valence-corrected chi connectivity index (χ1v) is 11.9. The molecule has 37 heavy (non-hydrogen) atoms. The standard InChI is InChI=1S/C29H22ClN3O4/c1-18-27-23(19(17-34)16-31-18)15-24(28(35)33-26-10-6-5-9-25(26)30)29(37-27)32-20-11-13-22(14-12-20)36-21-7-3-2-4-8-21/h2-16,34H,17H2,1H3,(H,33,35). The van der Waals surface area contributed by atoms with Gasteiger partial charge in [-0.15, -0.1) is 0 Å². The van der Waals surface area contributed by atoms with Crippen LogP contribution in [0.2, 0.25) is 5.02 Å². The third-order valence-corrected chi connectivity index (χ3v) is 5.96. The molecule has 2 heterocycles. The molecule has 0 saturated heterocycles. The molecule has 3 aromatic carbocycles. The lowest BCUT2D eigenvalue weighted by Gasteiger charge is -2.10. The number of aliphatic hydroxyl groups excluding tert-OH is 1. The van der Waals surface area contributed by atoms with E-state index in [9.17, 15) is 9.90 Å². The van der Waals surface area contributed by atoms with Gasteiger partial charge in [-0.25, -0.2) is 4.99 Å². The highest BCUT2D eigenvalue weighted by Crippen LogP contribution is 2.26. The average Bonchev–Trinajstić information content (AvgIpc) is 2.92. The normalized spacial score (nSPS) is 11.5. The monoisotopic (exact) mass is 511 g/mol. The summed E-state index contributed by atoms with van der Waals surface area (Å²) in [6.45, 7) is 1.53. The number of amides is 1. The number of aliphatic hydroxyl groups is 1. The number of carbonyl (C=O) groups excluding carboxylic acids is 1. The van der Waals surface area contributed by atoms with Gasteiger partial charge in [-0.3, -0.25) is 9.78 Å². The Morgan fingerprint density at radius 3 is 2.46 bits per heavy atom. The van der Waals surface area contributed by atoms with Crippen LogP contribution in [0.4, 0.5) is 11.4 Å². The summed E-state index contributed by atoms with van der Waals surface area (Å²) in [6, 6.07) is 25.1. The molecule has 0 saturated carbocycles. The van der Waals surface area contributed by atoms with Gasteiger partial charge >= 0.3 is 0 Å². The Hall–Kier alpha value is -4.46. The summed E-state index contributed by atoms with van der Waals surface area (Å²) in [4.78, 5) is 22.3. The van der Waals surface area contributed by atoms with Crippen molar-refractivity contribution in [3.05, 3.63) is 119 Å². The van der Waals surface area contributed by atoms with Gasteiger partial charge in [0, 0.05) is 17.1 Å². The molecule has 5 aromatic rings. The van der Waals surface area contributed by atoms with Gasteiger partial charge in [-0.1, -0.05) is 41.9 Å². The Labute approximate surface area is 217 Å². The molecule has 0 aliphatic heterocycles. The summed E-state index contributed by atoms with van der Waals surface area (Å²) < 4.78 is 12.0. The molecule has 0 aliphatic rings. The van der Waals surface area contributed by atoms with Crippen LogP contribution < -0.4 is 15.6 Å². The van der Waals surface area contributed by atoms with E-state index < -0.39 is 5.91 Å². The lowest BCUT2D eigenvalue weighted by molar-refractivity contribution is 0.102. The number of nitrogens with zero attached hydrogens (tertiary/aromatic N) is 2. The lowest BCUT2D eigenvalue weighted by atomic mass is 10.1. The first-order valence-electron chi connectivity index (χ1n) is 11.5. The molecule has 0 fully saturated rings. The van der Waals surface area contributed by atoms with Crippen molar-refractivity contribution in [2.75, 3.05) is 5.32 Å². The number of hydrogen-bond acceptors (Lipinski definition) is 6. The summed E-state index contributed by atoms with van der Waals surface area (Å²) in [5.41, 5.74) is 2.85. The maximum atomic E-state index is 13.4. The quantitative estimate of drug-likeness (QED) is 0.269. The molecule has 2 N–H and O–H groups in total. The number of halogens is 1. The second-order valence-electron chi connectivity index (χ2n) is 8.19. The first kappa shape index (κ1) is 24.2. The first-order chi connectivity index (χ1) is 18.0. The molecule has 0 spiro atoms. The second-order valence-corrected chi connectivity index (χ2v) is 8.60. The summed E-state index contributed by atoms with van der Waals surface area (Å²) >= 11 is 6.25.